The Labute approximate surface area is 325 Å². The molecule has 8 aromatic carbocycles. The van der Waals surface area contributed by atoms with Gasteiger partial charge in [-0.05, 0) is 51.6 Å². The lowest BCUT2D eigenvalue weighted by Crippen LogP contribution is -2.00. The van der Waals surface area contributed by atoms with Crippen LogP contribution in [0.5, 0.6) is 0 Å². The maximum absolute atomic E-state index is 5.27. The molecule has 0 bridgehead atoms. The van der Waals surface area contributed by atoms with Crippen LogP contribution >= 0.6 is 0 Å². The van der Waals surface area contributed by atoms with E-state index in [0.717, 1.165) is 60.9 Å². The summed E-state index contributed by atoms with van der Waals surface area (Å²) in [4.78, 5) is 20.0. The maximum atomic E-state index is 5.27. The standard InChI is InChI=1S/C52H34N4/c1-4-15-35(16-5-1)41-22-13-24-43(34-41)49-46-27-14-26-44(48(46)45-25-10-11-28-47(45)53-49)42-23-12-21-40(33-42)36-29-31-39(32-30-36)52-55-50(37-17-6-2-7-18-37)54-51(56-52)38-19-8-3-9-20-38/h1-34H. The number of benzene rings is 8. The van der Waals surface area contributed by atoms with Gasteiger partial charge in [-0.25, -0.2) is 19.9 Å². The summed E-state index contributed by atoms with van der Waals surface area (Å²) in [6, 6.07) is 71.8. The smallest absolute Gasteiger partial charge is 0.164 e. The summed E-state index contributed by atoms with van der Waals surface area (Å²) in [5.41, 5.74) is 12.8. The van der Waals surface area contributed by atoms with E-state index in [1.165, 1.54) is 22.1 Å². The van der Waals surface area contributed by atoms with Crippen molar-refractivity contribution in [1.29, 1.82) is 0 Å². The van der Waals surface area contributed by atoms with Gasteiger partial charge in [-0.1, -0.05) is 188 Å². The Bertz CT molecular complexity index is 2940. The Hall–Kier alpha value is -7.56. The molecule has 0 saturated heterocycles. The highest BCUT2D eigenvalue weighted by molar-refractivity contribution is 6.17. The highest BCUT2D eigenvalue weighted by Crippen LogP contribution is 2.40. The van der Waals surface area contributed by atoms with Crippen LogP contribution in [0.2, 0.25) is 0 Å². The molecule has 262 valence electrons. The molecule has 0 fully saturated rings. The number of pyridine rings is 1. The lowest BCUT2D eigenvalue weighted by Gasteiger charge is -2.15. The van der Waals surface area contributed by atoms with E-state index in [2.05, 4.69) is 146 Å². The summed E-state index contributed by atoms with van der Waals surface area (Å²) in [5, 5.41) is 3.46. The molecule has 0 atom stereocenters. The lowest BCUT2D eigenvalue weighted by atomic mass is 9.91. The molecule has 0 aliphatic heterocycles. The zero-order chi connectivity index (χ0) is 37.3. The van der Waals surface area contributed by atoms with Crippen LogP contribution in [0.25, 0.3) is 100 Å². The van der Waals surface area contributed by atoms with Gasteiger partial charge in [0.1, 0.15) is 0 Å². The van der Waals surface area contributed by atoms with Crippen LogP contribution in [0.1, 0.15) is 0 Å². The van der Waals surface area contributed by atoms with E-state index in [1.54, 1.807) is 0 Å². The first kappa shape index (κ1) is 33.0. The van der Waals surface area contributed by atoms with E-state index < -0.39 is 0 Å². The molecule has 4 nitrogen and oxygen atoms in total. The number of nitrogens with zero attached hydrogens (tertiary/aromatic N) is 4. The minimum atomic E-state index is 0.638. The molecule has 0 aliphatic rings. The van der Waals surface area contributed by atoms with Gasteiger partial charge in [0.15, 0.2) is 17.5 Å². The van der Waals surface area contributed by atoms with Gasteiger partial charge in [0.25, 0.3) is 0 Å². The van der Waals surface area contributed by atoms with Crippen molar-refractivity contribution in [3.8, 4) is 78.8 Å². The molecule has 0 unspecified atom stereocenters. The van der Waals surface area contributed by atoms with Gasteiger partial charge in [-0.3, -0.25) is 0 Å². The van der Waals surface area contributed by atoms with E-state index in [0.29, 0.717) is 17.5 Å². The summed E-state index contributed by atoms with van der Waals surface area (Å²) in [6.07, 6.45) is 0. The Kier molecular flexibility index (Phi) is 8.47. The first-order valence-electron chi connectivity index (χ1n) is 18.8. The SMILES string of the molecule is c1ccc(-c2cccc(-c3nc4ccccc4c4c(-c5cccc(-c6ccc(-c7nc(-c8ccccc8)nc(-c8ccccc8)n7)cc6)c5)cccc34)c2)cc1. The normalized spacial score (nSPS) is 11.2. The fourth-order valence-corrected chi connectivity index (χ4v) is 7.56. The van der Waals surface area contributed by atoms with E-state index in [-0.39, 0.29) is 0 Å². The average Bonchev–Trinajstić information content (AvgIpc) is 3.29. The minimum Gasteiger partial charge on any atom is -0.247 e. The monoisotopic (exact) mass is 714 g/mol. The molecular weight excluding hydrogens is 681 g/mol. The van der Waals surface area contributed by atoms with Gasteiger partial charge in [0, 0.05) is 38.4 Å². The average molecular weight is 715 g/mol. The van der Waals surface area contributed by atoms with Crippen LogP contribution in [0.3, 0.4) is 0 Å². The molecule has 2 heterocycles. The molecule has 0 aliphatic carbocycles. The van der Waals surface area contributed by atoms with Crippen LogP contribution in [-0.4, -0.2) is 19.9 Å². The molecule has 10 rings (SSSR count). The third-order valence-electron chi connectivity index (χ3n) is 10.3. The quantitative estimate of drug-likeness (QED) is 0.154. The number of fused-ring (bicyclic) bond motifs is 3. The third-order valence-corrected chi connectivity index (χ3v) is 10.3. The Morgan fingerprint density at radius 3 is 1.29 bits per heavy atom. The van der Waals surface area contributed by atoms with Crippen molar-refractivity contribution in [2.75, 3.05) is 0 Å². The molecule has 10 aromatic rings. The number of para-hydroxylation sites is 1. The van der Waals surface area contributed by atoms with Crippen molar-refractivity contribution in [2.45, 2.75) is 0 Å². The van der Waals surface area contributed by atoms with Gasteiger partial charge in [-0.2, -0.15) is 0 Å². The lowest BCUT2D eigenvalue weighted by molar-refractivity contribution is 1.07. The number of rotatable bonds is 7. The Balaban J connectivity index is 1.05. The Morgan fingerprint density at radius 2 is 0.661 bits per heavy atom. The zero-order valence-corrected chi connectivity index (χ0v) is 30.4. The van der Waals surface area contributed by atoms with E-state index in [1.807, 2.05) is 60.7 Å². The number of hydrogen-bond donors (Lipinski definition) is 0. The predicted octanol–water partition coefficient (Wildman–Crippen LogP) is 13.2. The maximum Gasteiger partial charge on any atom is 0.164 e. The second-order valence-electron chi connectivity index (χ2n) is 13.8. The van der Waals surface area contributed by atoms with E-state index in [4.69, 9.17) is 19.9 Å². The topological polar surface area (TPSA) is 51.6 Å². The van der Waals surface area contributed by atoms with Gasteiger partial charge < -0.3 is 0 Å². The van der Waals surface area contributed by atoms with E-state index >= 15 is 0 Å². The molecule has 0 saturated carbocycles. The summed E-state index contributed by atoms with van der Waals surface area (Å²) < 4.78 is 0. The molecule has 0 amide bonds. The predicted molar refractivity (Wildman–Crippen MR) is 231 cm³/mol. The van der Waals surface area contributed by atoms with Crippen LogP contribution in [0, 0.1) is 0 Å². The molecule has 0 spiro atoms. The van der Waals surface area contributed by atoms with Crippen molar-refractivity contribution >= 4 is 21.7 Å². The summed E-state index contributed by atoms with van der Waals surface area (Å²) in [6.45, 7) is 0. The van der Waals surface area contributed by atoms with Crippen molar-refractivity contribution in [2.24, 2.45) is 0 Å². The highest BCUT2D eigenvalue weighted by atomic mass is 15.0. The minimum absolute atomic E-state index is 0.638. The summed E-state index contributed by atoms with van der Waals surface area (Å²) >= 11 is 0. The first-order chi connectivity index (χ1) is 27.7. The van der Waals surface area contributed by atoms with E-state index in [9.17, 15) is 0 Å². The zero-order valence-electron chi connectivity index (χ0n) is 30.4. The second-order valence-corrected chi connectivity index (χ2v) is 13.8. The molecule has 0 N–H and O–H groups in total. The summed E-state index contributed by atoms with van der Waals surface area (Å²) in [7, 11) is 0. The second kappa shape index (κ2) is 14.3. The van der Waals surface area contributed by atoms with Gasteiger partial charge >= 0.3 is 0 Å². The molecule has 2 aromatic heterocycles. The van der Waals surface area contributed by atoms with Crippen molar-refractivity contribution in [3.63, 3.8) is 0 Å². The van der Waals surface area contributed by atoms with Gasteiger partial charge in [0.2, 0.25) is 0 Å². The molecule has 4 heteroatoms. The Morgan fingerprint density at radius 1 is 0.250 bits per heavy atom. The molecule has 56 heavy (non-hydrogen) atoms. The van der Waals surface area contributed by atoms with Crippen LogP contribution in [-0.2, 0) is 0 Å². The fraction of sp³-hybridized carbons (Fsp3) is 0. The largest absolute Gasteiger partial charge is 0.247 e. The van der Waals surface area contributed by atoms with Crippen molar-refractivity contribution < 1.29 is 0 Å². The summed E-state index contributed by atoms with van der Waals surface area (Å²) in [5.74, 6) is 1.94. The number of hydrogen-bond acceptors (Lipinski definition) is 4. The molecular formula is C52H34N4. The van der Waals surface area contributed by atoms with Crippen LogP contribution in [0.15, 0.2) is 206 Å². The van der Waals surface area contributed by atoms with Crippen molar-refractivity contribution in [1.82, 2.24) is 19.9 Å². The highest BCUT2D eigenvalue weighted by Gasteiger charge is 2.16. The fourth-order valence-electron chi connectivity index (χ4n) is 7.56. The van der Waals surface area contributed by atoms with Gasteiger partial charge in [0.05, 0.1) is 11.2 Å². The van der Waals surface area contributed by atoms with Crippen molar-refractivity contribution in [3.05, 3.63) is 206 Å². The number of aromatic nitrogens is 4. The third kappa shape index (κ3) is 6.29. The molecule has 0 radical (unpaired) electrons. The first-order valence-corrected chi connectivity index (χ1v) is 18.8. The van der Waals surface area contributed by atoms with Crippen LogP contribution < -0.4 is 0 Å². The van der Waals surface area contributed by atoms with Crippen LogP contribution in [0.4, 0.5) is 0 Å². The van der Waals surface area contributed by atoms with Gasteiger partial charge in [-0.15, -0.1) is 0 Å².